The highest BCUT2D eigenvalue weighted by Crippen LogP contribution is 2.27. The van der Waals surface area contributed by atoms with Crippen LogP contribution in [0.15, 0.2) is 59.9 Å². The molecule has 0 bridgehead atoms. The first-order valence-electron chi connectivity index (χ1n) is 9.93. The van der Waals surface area contributed by atoms with Crippen LogP contribution in [0.1, 0.15) is 32.9 Å². The van der Waals surface area contributed by atoms with E-state index < -0.39 is 8.07 Å². The number of nitrogens with zero attached hydrogens (tertiary/aromatic N) is 3. The molecule has 1 aromatic heterocycles. The summed E-state index contributed by atoms with van der Waals surface area (Å²) in [6, 6.07) is 16.3. The molecule has 150 valence electrons. The fourth-order valence-corrected chi connectivity index (χ4v) is 3.91. The Morgan fingerprint density at radius 2 is 1.90 bits per heavy atom. The van der Waals surface area contributed by atoms with E-state index >= 15 is 0 Å². The zero-order chi connectivity index (χ0) is 21.3. The van der Waals surface area contributed by atoms with Crippen LogP contribution in [0.2, 0.25) is 19.6 Å². The van der Waals surface area contributed by atoms with E-state index in [4.69, 9.17) is 4.99 Å². The Morgan fingerprint density at radius 3 is 2.60 bits per heavy atom. The third-order valence-corrected chi connectivity index (χ3v) is 5.71. The predicted molar refractivity (Wildman–Crippen MR) is 123 cm³/mol. The van der Waals surface area contributed by atoms with Crippen LogP contribution < -0.4 is 5.32 Å². The number of imidazole rings is 1. The fraction of sp³-hybridized carbons (Fsp3) is 0.208. The summed E-state index contributed by atoms with van der Waals surface area (Å²) in [5.41, 5.74) is 9.46. The van der Waals surface area contributed by atoms with Crippen molar-refractivity contribution >= 4 is 19.7 Å². The molecule has 1 N–H and O–H groups in total. The van der Waals surface area contributed by atoms with E-state index in [1.54, 1.807) is 13.4 Å². The number of amides is 1. The Kier molecular flexibility index (Phi) is 5.14. The molecule has 0 saturated carbocycles. The van der Waals surface area contributed by atoms with Crippen molar-refractivity contribution in [3.8, 4) is 17.2 Å². The van der Waals surface area contributed by atoms with E-state index in [2.05, 4.69) is 59.6 Å². The molecule has 5 nitrogen and oxygen atoms in total. The molecule has 30 heavy (non-hydrogen) atoms. The van der Waals surface area contributed by atoms with Crippen molar-refractivity contribution in [1.82, 2.24) is 14.9 Å². The third kappa shape index (κ3) is 3.85. The second-order valence-electron chi connectivity index (χ2n) is 8.25. The van der Waals surface area contributed by atoms with Crippen molar-refractivity contribution < 1.29 is 4.79 Å². The Morgan fingerprint density at radius 1 is 1.13 bits per heavy atom. The average molecular weight is 413 g/mol. The van der Waals surface area contributed by atoms with Gasteiger partial charge in [0.1, 0.15) is 14.4 Å². The molecule has 0 fully saturated rings. The number of benzene rings is 2. The Labute approximate surface area is 177 Å². The minimum absolute atomic E-state index is 0.207. The van der Waals surface area contributed by atoms with Crippen molar-refractivity contribution in [3.63, 3.8) is 0 Å². The Bertz CT molecular complexity index is 1210. The van der Waals surface area contributed by atoms with Gasteiger partial charge in [-0.15, -0.1) is 5.54 Å². The maximum atomic E-state index is 12.3. The second kappa shape index (κ2) is 7.77. The van der Waals surface area contributed by atoms with Crippen LogP contribution in [0.3, 0.4) is 0 Å². The average Bonchev–Trinajstić information content (AvgIpc) is 3.09. The molecule has 2 heterocycles. The van der Waals surface area contributed by atoms with E-state index in [9.17, 15) is 4.79 Å². The van der Waals surface area contributed by atoms with Crippen LogP contribution in [0, 0.1) is 11.5 Å². The van der Waals surface area contributed by atoms with Gasteiger partial charge in [-0.1, -0.05) is 55.9 Å². The molecule has 1 aliphatic rings. The van der Waals surface area contributed by atoms with Crippen molar-refractivity contribution in [3.05, 3.63) is 82.9 Å². The molecule has 6 heteroatoms. The lowest BCUT2D eigenvalue weighted by Gasteiger charge is -2.12. The number of nitrogens with one attached hydrogen (secondary N) is 1. The number of hydrogen-bond acceptors (Lipinski definition) is 3. The van der Waals surface area contributed by atoms with E-state index in [0.29, 0.717) is 12.2 Å². The first-order chi connectivity index (χ1) is 14.4. The molecule has 0 atom stereocenters. The quantitative estimate of drug-likeness (QED) is 0.514. The highest BCUT2D eigenvalue weighted by Gasteiger charge is 2.24. The van der Waals surface area contributed by atoms with Crippen LogP contribution in [0.4, 0.5) is 0 Å². The maximum Gasteiger partial charge on any atom is 0.271 e. The highest BCUT2D eigenvalue weighted by atomic mass is 28.3. The molecular formula is C24H24N4OSi. The van der Waals surface area contributed by atoms with Gasteiger partial charge in [0.05, 0.1) is 23.6 Å². The lowest BCUT2D eigenvalue weighted by atomic mass is 9.98. The van der Waals surface area contributed by atoms with Crippen LogP contribution in [-0.4, -0.2) is 36.3 Å². The maximum absolute atomic E-state index is 12.3. The second-order valence-corrected chi connectivity index (χ2v) is 13.0. The number of fused-ring (bicyclic) bond motifs is 3. The molecule has 1 aliphatic heterocycles. The topological polar surface area (TPSA) is 59.3 Å². The summed E-state index contributed by atoms with van der Waals surface area (Å²) in [6.07, 6.45) is 1.70. The lowest BCUT2D eigenvalue weighted by Crippen LogP contribution is -2.20. The zero-order valence-electron chi connectivity index (χ0n) is 17.7. The van der Waals surface area contributed by atoms with Gasteiger partial charge in [-0.2, -0.15) is 0 Å². The largest absolute Gasteiger partial charge is 0.354 e. The summed E-state index contributed by atoms with van der Waals surface area (Å²) < 4.78 is 1.97. The summed E-state index contributed by atoms with van der Waals surface area (Å²) in [4.78, 5) is 21.6. The highest BCUT2D eigenvalue weighted by molar-refractivity contribution is 6.83. The SMILES string of the molecule is CNC(=O)c1ncn2c1CN=C(c1ccccc1)c1cc(C#C[Si](C)(C)C)ccc1-2. The minimum Gasteiger partial charge on any atom is -0.354 e. The summed E-state index contributed by atoms with van der Waals surface area (Å²) >= 11 is 0. The molecule has 3 aromatic rings. The fourth-order valence-electron chi connectivity index (χ4n) is 3.40. The lowest BCUT2D eigenvalue weighted by molar-refractivity contribution is 0.0957. The van der Waals surface area contributed by atoms with E-state index in [0.717, 1.165) is 33.8 Å². The Balaban J connectivity index is 1.93. The van der Waals surface area contributed by atoms with Crippen molar-refractivity contribution in [2.75, 3.05) is 7.05 Å². The van der Waals surface area contributed by atoms with Crippen LogP contribution in [0.25, 0.3) is 5.69 Å². The molecule has 2 aromatic carbocycles. The van der Waals surface area contributed by atoms with Crippen LogP contribution in [-0.2, 0) is 6.54 Å². The van der Waals surface area contributed by atoms with Gasteiger partial charge in [0.25, 0.3) is 5.91 Å². The standard InChI is InChI=1S/C24H24N4OSi/c1-25-24(29)23-21-15-26-22(18-8-6-5-7-9-18)19-14-17(12-13-30(2,3)4)10-11-20(19)28(21)16-27-23/h5-11,14,16H,15H2,1-4H3,(H,25,29). The van der Waals surface area contributed by atoms with Crippen LogP contribution >= 0.6 is 0 Å². The summed E-state index contributed by atoms with van der Waals surface area (Å²) in [7, 11) is 0.123. The number of aliphatic imine (C=N–C) groups is 1. The Hall–Kier alpha value is -3.43. The summed E-state index contributed by atoms with van der Waals surface area (Å²) in [5.74, 6) is 3.14. The number of carbonyl (C=O) groups excluding carboxylic acids is 1. The third-order valence-electron chi connectivity index (χ3n) is 4.84. The first kappa shape index (κ1) is 19.9. The van der Waals surface area contributed by atoms with Gasteiger partial charge in [-0.3, -0.25) is 14.4 Å². The predicted octanol–water partition coefficient (Wildman–Crippen LogP) is 3.81. The molecule has 0 radical (unpaired) electrons. The van der Waals surface area contributed by atoms with Gasteiger partial charge in [0, 0.05) is 23.7 Å². The summed E-state index contributed by atoms with van der Waals surface area (Å²) in [6.45, 7) is 7.08. The molecule has 1 amide bonds. The molecule has 4 rings (SSSR count). The molecule has 0 aliphatic carbocycles. The number of aromatic nitrogens is 2. The minimum atomic E-state index is -1.49. The van der Waals surface area contributed by atoms with Crippen molar-refractivity contribution in [2.45, 2.75) is 26.2 Å². The van der Waals surface area contributed by atoms with Gasteiger partial charge in [0.15, 0.2) is 5.69 Å². The van der Waals surface area contributed by atoms with E-state index in [1.165, 1.54) is 0 Å². The number of hydrogen-bond donors (Lipinski definition) is 1. The monoisotopic (exact) mass is 412 g/mol. The van der Waals surface area contributed by atoms with Gasteiger partial charge < -0.3 is 5.32 Å². The van der Waals surface area contributed by atoms with Gasteiger partial charge >= 0.3 is 0 Å². The normalized spacial score (nSPS) is 12.6. The van der Waals surface area contributed by atoms with Crippen LogP contribution in [0.5, 0.6) is 0 Å². The number of rotatable bonds is 2. The van der Waals surface area contributed by atoms with Gasteiger partial charge in [0.2, 0.25) is 0 Å². The zero-order valence-corrected chi connectivity index (χ0v) is 18.7. The van der Waals surface area contributed by atoms with Crippen molar-refractivity contribution in [2.24, 2.45) is 4.99 Å². The van der Waals surface area contributed by atoms with Gasteiger partial charge in [-0.25, -0.2) is 4.98 Å². The molecule has 0 saturated heterocycles. The smallest absolute Gasteiger partial charge is 0.271 e. The van der Waals surface area contributed by atoms with Crippen molar-refractivity contribution in [1.29, 1.82) is 0 Å². The molecular weight excluding hydrogens is 388 g/mol. The first-order valence-corrected chi connectivity index (χ1v) is 13.4. The van der Waals surface area contributed by atoms with Gasteiger partial charge in [-0.05, 0) is 18.2 Å². The van der Waals surface area contributed by atoms with E-state index in [-0.39, 0.29) is 5.91 Å². The van der Waals surface area contributed by atoms with E-state index in [1.807, 2.05) is 34.9 Å². The summed E-state index contributed by atoms with van der Waals surface area (Å²) in [5, 5.41) is 2.67. The molecule has 0 spiro atoms. The molecule has 0 unspecified atom stereocenters. The number of carbonyl (C=O) groups is 1.